The Hall–Kier alpha value is -5.49. The van der Waals surface area contributed by atoms with Crippen LogP contribution in [0.5, 0.6) is 23.0 Å². The van der Waals surface area contributed by atoms with Gasteiger partial charge in [0.2, 0.25) is 0 Å². The predicted molar refractivity (Wildman–Crippen MR) is 251 cm³/mol. The van der Waals surface area contributed by atoms with Crippen molar-refractivity contribution in [3.8, 4) is 23.0 Å². The van der Waals surface area contributed by atoms with Crippen molar-refractivity contribution in [1.82, 2.24) is 0 Å². The molecule has 0 amide bonds. The number of esters is 2. The summed E-state index contributed by atoms with van der Waals surface area (Å²) in [6.07, 6.45) is -7.45. The van der Waals surface area contributed by atoms with Gasteiger partial charge in [0.05, 0.1) is 26.4 Å². The molecule has 16 nitrogen and oxygen atoms in total. The number of methoxy groups -OCH3 is 4. The van der Waals surface area contributed by atoms with Crippen molar-refractivity contribution in [3.63, 3.8) is 0 Å². The smallest absolute Gasteiger partial charge is 0.398 e. The molecule has 0 bridgehead atoms. The van der Waals surface area contributed by atoms with E-state index in [0.717, 1.165) is 32.1 Å². The zero-order chi connectivity index (χ0) is 53.3. The summed E-state index contributed by atoms with van der Waals surface area (Å²) in [4.78, 5) is 39.1. The summed E-state index contributed by atoms with van der Waals surface area (Å²) in [7, 11) is 5.60. The van der Waals surface area contributed by atoms with Crippen LogP contribution < -0.4 is 18.9 Å². The Bertz CT molecular complexity index is 2340. The van der Waals surface area contributed by atoms with Crippen LogP contribution in [0.25, 0.3) is 12.2 Å². The molecule has 2 aromatic carbocycles. The first-order valence-electron chi connectivity index (χ1n) is 22.6. The van der Waals surface area contributed by atoms with Crippen molar-refractivity contribution in [2.75, 3.05) is 42.0 Å². The SMILES string of the molecule is C.COCOc1cc(OC)cc2c1C(=O)OC(C)C(C(F)(F)F)/C=C\C(=O)C1OC(C)(C)OC1C/C=C/2.COCOc1cc(OC)cc2c1C(=O)OC(C)C(C(F)(F)F)/C=C\C(O)C1OC(C)(C)OC1C/C=C/2. The van der Waals surface area contributed by atoms with E-state index in [1.165, 1.54) is 52.7 Å². The quantitative estimate of drug-likeness (QED) is 0.114. The Balaban J connectivity index is 0.000000312. The van der Waals surface area contributed by atoms with E-state index in [2.05, 4.69) is 0 Å². The zero-order valence-corrected chi connectivity index (χ0v) is 41.3. The van der Waals surface area contributed by atoms with Gasteiger partial charge in [-0.2, -0.15) is 26.3 Å². The number of hydrogen-bond acceptors (Lipinski definition) is 16. The monoisotopic (exact) mass is 1050 g/mol. The van der Waals surface area contributed by atoms with Crippen LogP contribution in [-0.2, 0) is 42.7 Å². The van der Waals surface area contributed by atoms with E-state index in [-0.39, 0.29) is 62.0 Å². The molecule has 6 rings (SSSR count). The van der Waals surface area contributed by atoms with Crippen molar-refractivity contribution in [1.29, 1.82) is 0 Å². The number of benzene rings is 2. The normalized spacial score (nSPS) is 28.9. The number of carbonyl (C=O) groups excluding carboxylic acids is 3. The maximum absolute atomic E-state index is 13.9. The third-order valence-electron chi connectivity index (χ3n) is 11.4. The molecule has 2 saturated heterocycles. The highest BCUT2D eigenvalue weighted by atomic mass is 19.4. The van der Waals surface area contributed by atoms with E-state index >= 15 is 0 Å². The van der Waals surface area contributed by atoms with Gasteiger partial charge >= 0.3 is 24.3 Å². The van der Waals surface area contributed by atoms with E-state index in [4.69, 9.17) is 56.8 Å². The van der Waals surface area contributed by atoms with Gasteiger partial charge in [0.1, 0.15) is 76.5 Å². The van der Waals surface area contributed by atoms with Gasteiger partial charge in [-0.05, 0) is 83.7 Å². The lowest BCUT2D eigenvalue weighted by Gasteiger charge is -2.26. The molecule has 73 heavy (non-hydrogen) atoms. The molecule has 9 atom stereocenters. The third-order valence-corrected chi connectivity index (χ3v) is 11.4. The fourth-order valence-electron chi connectivity index (χ4n) is 8.17. The second-order valence-electron chi connectivity index (χ2n) is 17.8. The van der Waals surface area contributed by atoms with E-state index in [0.29, 0.717) is 23.1 Å². The topological polar surface area (TPSA) is 182 Å². The number of cyclic esters (lactones) is 2. The lowest BCUT2D eigenvalue weighted by atomic mass is 9.97. The molecule has 1 N–H and O–H groups in total. The van der Waals surface area contributed by atoms with Gasteiger partial charge in [0.25, 0.3) is 0 Å². The lowest BCUT2D eigenvalue weighted by molar-refractivity contribution is -0.183. The summed E-state index contributed by atoms with van der Waals surface area (Å²) in [6, 6.07) is 5.88. The second kappa shape index (κ2) is 25.2. The Morgan fingerprint density at radius 1 is 0.616 bits per heavy atom. The molecule has 9 unspecified atom stereocenters. The molecule has 2 aromatic rings. The Morgan fingerprint density at radius 3 is 1.51 bits per heavy atom. The van der Waals surface area contributed by atoms with Crippen LogP contribution in [0.3, 0.4) is 0 Å². The Labute approximate surface area is 420 Å². The minimum absolute atomic E-state index is 0. The summed E-state index contributed by atoms with van der Waals surface area (Å²) < 4.78 is 148. The first-order chi connectivity index (χ1) is 33.7. The summed E-state index contributed by atoms with van der Waals surface area (Å²) in [5, 5.41) is 10.7. The van der Waals surface area contributed by atoms with Crippen LogP contribution in [0, 0.1) is 11.8 Å². The lowest BCUT2D eigenvalue weighted by Crippen LogP contribution is -2.36. The largest absolute Gasteiger partial charge is 0.497 e. The molecule has 0 aliphatic carbocycles. The number of aliphatic hydroxyl groups excluding tert-OH is 1. The molecule has 0 spiro atoms. The average molecular weight is 1050 g/mol. The molecule has 4 aliphatic rings. The zero-order valence-electron chi connectivity index (χ0n) is 41.3. The van der Waals surface area contributed by atoms with E-state index in [1.807, 2.05) is 0 Å². The van der Waals surface area contributed by atoms with Gasteiger partial charge < -0.3 is 61.9 Å². The van der Waals surface area contributed by atoms with E-state index in [1.54, 1.807) is 52.0 Å². The number of rotatable bonds is 8. The van der Waals surface area contributed by atoms with Gasteiger partial charge in [-0.15, -0.1) is 0 Å². The number of halogens is 6. The van der Waals surface area contributed by atoms with Crippen LogP contribution in [0.2, 0.25) is 0 Å². The first kappa shape index (κ1) is 60.1. The minimum Gasteiger partial charge on any atom is -0.497 e. The molecular formula is C51H64F6O16. The van der Waals surface area contributed by atoms with Crippen LogP contribution in [-0.4, -0.2) is 132 Å². The fourth-order valence-corrected chi connectivity index (χ4v) is 8.17. The van der Waals surface area contributed by atoms with Gasteiger partial charge in [-0.25, -0.2) is 9.59 Å². The van der Waals surface area contributed by atoms with Crippen LogP contribution in [0.4, 0.5) is 26.3 Å². The van der Waals surface area contributed by atoms with Gasteiger partial charge in [-0.1, -0.05) is 50.0 Å². The van der Waals surface area contributed by atoms with Crippen LogP contribution in [0.1, 0.15) is 93.7 Å². The number of aliphatic hydroxyl groups is 1. The summed E-state index contributed by atoms with van der Waals surface area (Å²) >= 11 is 0. The summed E-state index contributed by atoms with van der Waals surface area (Å²) in [5.41, 5.74) is 0.381. The number of ether oxygens (including phenoxy) is 12. The van der Waals surface area contributed by atoms with Crippen LogP contribution in [0.15, 0.2) is 60.7 Å². The number of alkyl halides is 6. The highest BCUT2D eigenvalue weighted by molar-refractivity contribution is 5.98. The molecule has 22 heteroatoms. The van der Waals surface area contributed by atoms with Crippen molar-refractivity contribution in [2.24, 2.45) is 11.8 Å². The van der Waals surface area contributed by atoms with Crippen molar-refractivity contribution in [3.05, 3.63) is 83.0 Å². The van der Waals surface area contributed by atoms with Gasteiger partial charge in [-0.3, -0.25) is 4.79 Å². The highest BCUT2D eigenvalue weighted by Crippen LogP contribution is 2.40. The Kier molecular flexibility index (Phi) is 20.7. The van der Waals surface area contributed by atoms with Gasteiger partial charge in [0.15, 0.2) is 30.9 Å². The van der Waals surface area contributed by atoms with Crippen molar-refractivity contribution < 1.29 is 103 Å². The molecular weight excluding hydrogens is 983 g/mol. The Morgan fingerprint density at radius 2 is 1.05 bits per heavy atom. The predicted octanol–water partition coefficient (Wildman–Crippen LogP) is 9.36. The molecule has 4 aliphatic heterocycles. The maximum atomic E-state index is 13.9. The van der Waals surface area contributed by atoms with E-state index in [9.17, 15) is 45.8 Å². The molecule has 4 heterocycles. The first-order valence-corrected chi connectivity index (χ1v) is 22.6. The molecule has 0 saturated carbocycles. The third kappa shape index (κ3) is 15.8. The summed E-state index contributed by atoms with van der Waals surface area (Å²) in [5.74, 6) is -8.63. The standard InChI is InChI=1S/C25H31F3O8.C25H29F3O8.CH4/c2*1-14-17(25(26,27)28)9-10-18(29)22-19(35-24(2,3)36-22)8-6-7-15-11-16(32-5)12-20(33-13-31-4)21(15)23(30)34-14;/h6-7,9-12,14,17-19,22,29H,8,13H2,1-5H3;6-7,9-12,14,17,19,22H,8,13H2,1-5H3;1H4/b2*7-6+,10-9-;. The molecule has 406 valence electrons. The summed E-state index contributed by atoms with van der Waals surface area (Å²) in [6.45, 7) is 8.32. The molecule has 2 fully saturated rings. The number of ketones is 1. The molecule has 0 radical (unpaired) electrons. The van der Waals surface area contributed by atoms with Crippen LogP contribution >= 0.6 is 0 Å². The number of fused-ring (bicyclic) bond motifs is 4. The molecule has 0 aromatic heterocycles. The highest BCUT2D eigenvalue weighted by Gasteiger charge is 2.48. The fraction of sp³-hybridized carbons (Fsp3) is 0.549. The van der Waals surface area contributed by atoms with Crippen molar-refractivity contribution in [2.45, 2.75) is 128 Å². The van der Waals surface area contributed by atoms with Gasteiger partial charge in [0, 0.05) is 26.4 Å². The second-order valence-corrected chi connectivity index (χ2v) is 17.8. The number of carbonyl (C=O) groups is 3. The number of hydrogen-bond donors (Lipinski definition) is 1. The average Bonchev–Trinajstić information content (AvgIpc) is 3.78. The van der Waals surface area contributed by atoms with E-state index < -0.39 is 96.2 Å². The van der Waals surface area contributed by atoms with Crippen molar-refractivity contribution >= 4 is 29.9 Å². The maximum Gasteiger partial charge on any atom is 0.398 e. The minimum atomic E-state index is -4.79.